The summed E-state index contributed by atoms with van der Waals surface area (Å²) in [6.45, 7) is 2.18. The van der Waals surface area contributed by atoms with Crippen LogP contribution in [0.1, 0.15) is 18.9 Å². The van der Waals surface area contributed by atoms with E-state index in [1.54, 1.807) is 6.20 Å². The lowest BCUT2D eigenvalue weighted by Gasteiger charge is -2.03. The Morgan fingerprint density at radius 1 is 1.54 bits per heavy atom. The first kappa shape index (κ1) is 10.4. The van der Waals surface area contributed by atoms with Gasteiger partial charge in [-0.15, -0.1) is 0 Å². The van der Waals surface area contributed by atoms with Crippen molar-refractivity contribution in [1.29, 1.82) is 0 Å². The minimum absolute atomic E-state index is 0.684. The summed E-state index contributed by atoms with van der Waals surface area (Å²) in [5, 5.41) is 0. The fourth-order valence-corrected chi connectivity index (χ4v) is 1.81. The third-order valence-corrected chi connectivity index (χ3v) is 2.85. The fraction of sp³-hybridized carbons (Fsp3) is 0.500. The number of nitrogens with two attached hydrogens (primary N) is 1. The number of pyridine rings is 1. The summed E-state index contributed by atoms with van der Waals surface area (Å²) >= 11 is 1.97. The van der Waals surface area contributed by atoms with Crippen LogP contribution in [-0.4, -0.2) is 16.5 Å². The minimum Gasteiger partial charge on any atom is -0.383 e. The predicted octanol–water partition coefficient (Wildman–Crippen LogP) is 2.35. The number of nitrogens with zero attached hydrogens (tertiary/aromatic N) is 1. The second-order valence-electron chi connectivity index (χ2n) is 2.85. The monoisotopic (exact) mass is 196 g/mol. The van der Waals surface area contributed by atoms with Gasteiger partial charge in [0.15, 0.2) is 0 Å². The van der Waals surface area contributed by atoms with E-state index < -0.39 is 0 Å². The predicted molar refractivity (Wildman–Crippen MR) is 60.0 cm³/mol. The molecule has 1 heterocycles. The summed E-state index contributed by atoms with van der Waals surface area (Å²) in [5.74, 6) is 3.09. The number of nitrogen functional groups attached to an aromatic ring is 1. The van der Waals surface area contributed by atoms with Gasteiger partial charge >= 0.3 is 0 Å². The lowest BCUT2D eigenvalue weighted by molar-refractivity contribution is 0.928. The van der Waals surface area contributed by atoms with Crippen LogP contribution in [0.2, 0.25) is 0 Å². The largest absolute Gasteiger partial charge is 0.383 e. The molecule has 1 rings (SSSR count). The van der Waals surface area contributed by atoms with Gasteiger partial charge in [0.1, 0.15) is 5.82 Å². The van der Waals surface area contributed by atoms with Gasteiger partial charge in [-0.05, 0) is 36.0 Å². The topological polar surface area (TPSA) is 38.9 Å². The summed E-state index contributed by atoms with van der Waals surface area (Å²) in [6.07, 6.45) is 3.97. The van der Waals surface area contributed by atoms with Crippen LogP contribution in [-0.2, 0) is 6.42 Å². The van der Waals surface area contributed by atoms with E-state index in [1.807, 2.05) is 17.8 Å². The third kappa shape index (κ3) is 3.68. The molecule has 0 fully saturated rings. The van der Waals surface area contributed by atoms with Gasteiger partial charge in [-0.2, -0.15) is 11.8 Å². The molecule has 0 aliphatic carbocycles. The van der Waals surface area contributed by atoms with Crippen molar-refractivity contribution < 1.29 is 0 Å². The highest BCUT2D eigenvalue weighted by molar-refractivity contribution is 7.99. The third-order valence-electron chi connectivity index (χ3n) is 1.87. The molecule has 0 amide bonds. The number of aromatic nitrogens is 1. The quantitative estimate of drug-likeness (QED) is 0.735. The van der Waals surface area contributed by atoms with Gasteiger partial charge in [0.2, 0.25) is 0 Å². The summed E-state index contributed by atoms with van der Waals surface area (Å²) in [5.41, 5.74) is 6.90. The van der Waals surface area contributed by atoms with Crippen LogP contribution in [0.15, 0.2) is 18.3 Å². The highest BCUT2D eigenvalue weighted by Crippen LogP contribution is 2.11. The molecule has 72 valence electrons. The Kier molecular flexibility index (Phi) is 4.68. The molecule has 2 nitrogen and oxygen atoms in total. The van der Waals surface area contributed by atoms with E-state index in [2.05, 4.69) is 18.0 Å². The molecular formula is C10H16N2S. The molecule has 0 aliphatic rings. The first-order chi connectivity index (χ1) is 6.34. The zero-order chi connectivity index (χ0) is 9.52. The van der Waals surface area contributed by atoms with Crippen molar-refractivity contribution in [2.45, 2.75) is 19.8 Å². The van der Waals surface area contributed by atoms with E-state index in [-0.39, 0.29) is 0 Å². The van der Waals surface area contributed by atoms with Crippen LogP contribution >= 0.6 is 11.8 Å². The standard InChI is InChI=1S/C10H16N2S/c1-2-13-8-4-6-9-5-3-7-12-10(9)11/h3,5,7H,2,4,6,8H2,1H3,(H2,11,12). The number of aryl methyl sites for hydroxylation is 1. The van der Waals surface area contributed by atoms with E-state index in [4.69, 9.17) is 5.73 Å². The average molecular weight is 196 g/mol. The van der Waals surface area contributed by atoms with E-state index >= 15 is 0 Å². The maximum absolute atomic E-state index is 5.72. The Morgan fingerprint density at radius 2 is 2.38 bits per heavy atom. The number of thioether (sulfide) groups is 1. The van der Waals surface area contributed by atoms with Crippen LogP contribution in [0.3, 0.4) is 0 Å². The van der Waals surface area contributed by atoms with Crippen molar-refractivity contribution in [3.8, 4) is 0 Å². The molecule has 13 heavy (non-hydrogen) atoms. The van der Waals surface area contributed by atoms with Crippen molar-refractivity contribution in [2.24, 2.45) is 0 Å². The van der Waals surface area contributed by atoms with Crippen molar-refractivity contribution in [3.63, 3.8) is 0 Å². The van der Waals surface area contributed by atoms with Crippen LogP contribution in [0.4, 0.5) is 5.82 Å². The van der Waals surface area contributed by atoms with E-state index in [1.165, 1.54) is 23.5 Å². The summed E-state index contributed by atoms with van der Waals surface area (Å²) in [4.78, 5) is 4.05. The van der Waals surface area contributed by atoms with Crippen molar-refractivity contribution >= 4 is 17.6 Å². The number of hydrogen-bond acceptors (Lipinski definition) is 3. The molecule has 3 heteroatoms. The van der Waals surface area contributed by atoms with Crippen LogP contribution in [0, 0.1) is 0 Å². The Hall–Kier alpha value is -0.700. The highest BCUT2D eigenvalue weighted by Gasteiger charge is 1.97. The molecule has 0 spiro atoms. The second-order valence-corrected chi connectivity index (χ2v) is 4.24. The molecule has 0 radical (unpaired) electrons. The van der Waals surface area contributed by atoms with Gasteiger partial charge in [-0.3, -0.25) is 0 Å². The molecule has 0 saturated carbocycles. The van der Waals surface area contributed by atoms with E-state index in [0.29, 0.717) is 5.82 Å². The molecule has 2 N–H and O–H groups in total. The molecule has 0 unspecified atom stereocenters. The Bertz CT molecular complexity index is 250. The van der Waals surface area contributed by atoms with Gasteiger partial charge in [0, 0.05) is 6.20 Å². The van der Waals surface area contributed by atoms with Crippen LogP contribution in [0.25, 0.3) is 0 Å². The summed E-state index contributed by atoms with van der Waals surface area (Å²) in [7, 11) is 0. The number of anilines is 1. The molecule has 0 bridgehead atoms. The highest BCUT2D eigenvalue weighted by atomic mass is 32.2. The van der Waals surface area contributed by atoms with Crippen molar-refractivity contribution in [1.82, 2.24) is 4.98 Å². The zero-order valence-electron chi connectivity index (χ0n) is 7.99. The molecule has 0 atom stereocenters. The zero-order valence-corrected chi connectivity index (χ0v) is 8.81. The Labute approximate surface area is 83.9 Å². The van der Waals surface area contributed by atoms with E-state index in [9.17, 15) is 0 Å². The van der Waals surface area contributed by atoms with Gasteiger partial charge < -0.3 is 5.73 Å². The van der Waals surface area contributed by atoms with Gasteiger partial charge in [0.05, 0.1) is 0 Å². The molecule has 0 saturated heterocycles. The van der Waals surface area contributed by atoms with Gasteiger partial charge in [0.25, 0.3) is 0 Å². The summed E-state index contributed by atoms with van der Waals surface area (Å²) in [6, 6.07) is 4.00. The molecule has 0 aliphatic heterocycles. The van der Waals surface area contributed by atoms with Crippen molar-refractivity contribution in [3.05, 3.63) is 23.9 Å². The molecule has 1 aromatic rings. The second kappa shape index (κ2) is 5.86. The smallest absolute Gasteiger partial charge is 0.126 e. The molecule has 0 aromatic carbocycles. The maximum Gasteiger partial charge on any atom is 0.126 e. The number of rotatable bonds is 5. The molecule has 1 aromatic heterocycles. The normalized spacial score (nSPS) is 10.2. The lowest BCUT2D eigenvalue weighted by Crippen LogP contribution is -1.97. The Balaban J connectivity index is 2.32. The summed E-state index contributed by atoms with van der Waals surface area (Å²) < 4.78 is 0. The van der Waals surface area contributed by atoms with Gasteiger partial charge in [-0.1, -0.05) is 13.0 Å². The fourth-order valence-electron chi connectivity index (χ4n) is 1.17. The lowest BCUT2D eigenvalue weighted by atomic mass is 10.1. The first-order valence-corrected chi connectivity index (χ1v) is 5.77. The van der Waals surface area contributed by atoms with Gasteiger partial charge in [-0.25, -0.2) is 4.98 Å². The minimum atomic E-state index is 0.684. The van der Waals surface area contributed by atoms with Crippen LogP contribution < -0.4 is 5.73 Å². The average Bonchev–Trinajstić information content (AvgIpc) is 2.15. The first-order valence-electron chi connectivity index (χ1n) is 4.61. The molecular weight excluding hydrogens is 180 g/mol. The van der Waals surface area contributed by atoms with Crippen LogP contribution in [0.5, 0.6) is 0 Å². The number of hydrogen-bond donors (Lipinski definition) is 1. The van der Waals surface area contributed by atoms with E-state index in [0.717, 1.165) is 6.42 Å². The Morgan fingerprint density at radius 3 is 3.08 bits per heavy atom. The van der Waals surface area contributed by atoms with Crippen molar-refractivity contribution in [2.75, 3.05) is 17.2 Å². The maximum atomic E-state index is 5.72. The SMILES string of the molecule is CCSCCCc1cccnc1N.